The van der Waals surface area contributed by atoms with Gasteiger partial charge in [0.15, 0.2) is 5.78 Å². The number of hydrogen-bond acceptors (Lipinski definition) is 21. The van der Waals surface area contributed by atoms with E-state index in [9.17, 15) is 54.3 Å². The number of quaternary nitrogens is 6. The Hall–Kier alpha value is -4.07. The second-order valence-corrected chi connectivity index (χ2v) is 21.4. The lowest BCUT2D eigenvalue weighted by Crippen LogP contribution is -2.54. The minimum Gasteiger partial charge on any atom is -0.550 e. The molecule has 0 aliphatic heterocycles. The Kier molecular flexibility index (Phi) is 61.9. The third-order valence-corrected chi connectivity index (χ3v) is 6.82. The summed E-state index contributed by atoms with van der Waals surface area (Å²) in [4.78, 5) is 67.2. The molecule has 0 aliphatic rings. The molecule has 0 saturated heterocycles. The highest BCUT2D eigenvalue weighted by molar-refractivity contribution is 6.30. The number of Topliss-reactive ketones (excluding diaryl/α,β-unsaturated/α-hetero) is 1. The largest absolute Gasteiger partial charge is 0.550 e. The van der Waals surface area contributed by atoms with E-state index in [4.69, 9.17) is 50.8 Å². The highest BCUT2D eigenvalue weighted by atomic mass is 16.4. The molecule has 0 spiro atoms. The zero-order valence-corrected chi connectivity index (χ0v) is 47.8. The number of aliphatic hydroxyl groups is 8. The van der Waals surface area contributed by atoms with Gasteiger partial charge >= 0.3 is 0 Å². The molecule has 438 valence electrons. The van der Waals surface area contributed by atoms with E-state index in [-0.39, 0.29) is 46.1 Å². The molecule has 0 aliphatic carbocycles. The highest BCUT2D eigenvalue weighted by Crippen LogP contribution is 2.13. The molecule has 0 aromatic carbocycles. The van der Waals surface area contributed by atoms with Crippen LogP contribution < -0.4 is 30.6 Å². The smallest absolute Gasteiger partial charge is 0.175 e. The molecule has 0 aromatic rings. The van der Waals surface area contributed by atoms with Crippen molar-refractivity contribution in [2.24, 2.45) is 0 Å². The normalized spacial score (nSPS) is 11.2. The first-order chi connectivity index (χ1) is 31.7. The molecule has 0 fully saturated rings. The van der Waals surface area contributed by atoms with Gasteiger partial charge in [-0.1, -0.05) is 6.92 Å². The molecule has 0 heterocycles. The highest BCUT2D eigenvalue weighted by Gasteiger charge is 2.29. The van der Waals surface area contributed by atoms with E-state index < -0.39 is 66.1 Å². The molecule has 1 unspecified atom stereocenters. The average molecular weight is 1060 g/mol. The minimum absolute atomic E-state index is 0.211. The van der Waals surface area contributed by atoms with E-state index in [1.807, 2.05) is 0 Å². The summed E-state index contributed by atoms with van der Waals surface area (Å²) < 4.78 is 5.06. The zero-order valence-electron chi connectivity index (χ0n) is 47.8. The Morgan fingerprint density at radius 2 is 0.569 bits per heavy atom. The fraction of sp³-hybridized carbons (Fsp3) is 0.844. The van der Waals surface area contributed by atoms with Gasteiger partial charge in [0.25, 0.3) is 0 Å². The van der Waals surface area contributed by atoms with Gasteiger partial charge < -0.3 is 127 Å². The Balaban J connectivity index is -0.0000000751. The van der Waals surface area contributed by atoms with E-state index in [1.165, 1.54) is 0 Å². The molecule has 0 rings (SSSR count). The molecule has 1 atom stereocenters. The first-order valence-corrected chi connectivity index (χ1v) is 22.3. The fourth-order valence-electron chi connectivity index (χ4n) is 2.65. The van der Waals surface area contributed by atoms with Crippen LogP contribution >= 0.6 is 0 Å². The van der Waals surface area contributed by atoms with Crippen molar-refractivity contribution in [3.63, 3.8) is 0 Å². The van der Waals surface area contributed by atoms with Crippen LogP contribution in [0.1, 0.15) is 40.0 Å². The second-order valence-electron chi connectivity index (χ2n) is 21.4. The van der Waals surface area contributed by atoms with Crippen LogP contribution in [0, 0.1) is 0 Å². The molecule has 27 nitrogen and oxygen atoms in total. The van der Waals surface area contributed by atoms with Crippen LogP contribution in [0.4, 0.5) is 0 Å². The first-order valence-electron chi connectivity index (χ1n) is 22.3. The van der Waals surface area contributed by atoms with Crippen molar-refractivity contribution in [2.45, 2.75) is 51.7 Å². The molecule has 0 amide bonds. The predicted octanol–water partition coefficient (Wildman–Crippen LogP) is -11.6. The summed E-state index contributed by atoms with van der Waals surface area (Å²) in [6, 6.07) is 0. The van der Waals surface area contributed by atoms with Crippen molar-refractivity contribution >= 4 is 41.6 Å². The summed E-state index contributed by atoms with van der Waals surface area (Å²) in [7, 11) is 36.9. The number of nitrogens with zero attached hydrogens (tertiary/aromatic N) is 6. The third-order valence-electron chi connectivity index (χ3n) is 6.82. The topological polar surface area (TPSA) is 420 Å². The van der Waals surface area contributed by atoms with E-state index >= 15 is 0 Å². The van der Waals surface area contributed by atoms with Crippen molar-refractivity contribution in [3.05, 3.63) is 0 Å². The van der Waals surface area contributed by atoms with Crippen LogP contribution in [0.15, 0.2) is 0 Å². The fourth-order valence-corrected chi connectivity index (χ4v) is 2.65. The van der Waals surface area contributed by atoms with Gasteiger partial charge in [-0.3, -0.25) is 4.79 Å². The monoisotopic (exact) mass is 1060 g/mol. The maximum atomic E-state index is 10.1. The summed E-state index contributed by atoms with van der Waals surface area (Å²) in [5.74, 6) is -11.0. The van der Waals surface area contributed by atoms with Gasteiger partial charge in [-0.25, -0.2) is 0 Å². The summed E-state index contributed by atoms with van der Waals surface area (Å²) >= 11 is 0. The predicted molar refractivity (Wildman–Crippen MR) is 257 cm³/mol. The number of ketones is 1. The number of likely N-dealkylation sites (N-methyl/N-ethyl adjacent to an activating group) is 6. The van der Waals surface area contributed by atoms with Gasteiger partial charge in [-0.2, -0.15) is 0 Å². The first kappa shape index (κ1) is 90.7. The standard InChI is InChI=1S/C6H8O7.6C5H14NO.C4H8O3.C3H4O3.C2H4O2/c7-3(8)1-6(13,5(11)12)2-4(9)10;6*1-6(2,3)4-5-7;1-2-3(5)4(6)7;1-2(4)3(5)6;1-2(3)4/h13H,1-2H2,(H,7,8)(H,9,10)(H,11,12);6*7H,4-5H2,1-3H3;3,5H,2H2,1H3,(H,6,7);1H3,(H,5,6);1H3,(H,3,4)/q;6*+1;;;/p-6. The number of aliphatic carboxylic acids is 6. The minimum atomic E-state index is -2.97. The summed E-state index contributed by atoms with van der Waals surface area (Å²) in [5, 5.41) is 125. The number of rotatable bonds is 20. The van der Waals surface area contributed by atoms with E-state index in [1.54, 1.807) is 6.92 Å². The van der Waals surface area contributed by atoms with Crippen LogP contribution in [0.3, 0.4) is 0 Å². The van der Waals surface area contributed by atoms with Crippen LogP contribution in [-0.4, -0.2) is 327 Å². The lowest BCUT2D eigenvalue weighted by molar-refractivity contribution is -0.870. The number of hydrogen-bond donors (Lipinski definition) is 8. The summed E-state index contributed by atoms with van der Waals surface area (Å²) in [6.45, 7) is 10.2. The molecule has 0 radical (unpaired) electrons. The van der Waals surface area contributed by atoms with Gasteiger partial charge in [-0.05, 0) is 13.3 Å². The van der Waals surface area contributed by atoms with Crippen LogP contribution in [0.25, 0.3) is 0 Å². The van der Waals surface area contributed by atoms with Gasteiger partial charge in [0, 0.05) is 37.7 Å². The number of carbonyl (C=O) groups is 7. The Bertz CT molecular complexity index is 1210. The molecule has 0 saturated carbocycles. The van der Waals surface area contributed by atoms with E-state index in [0.717, 1.165) is 80.0 Å². The van der Waals surface area contributed by atoms with E-state index in [0.29, 0.717) is 0 Å². The molecular weight excluding hydrogens is 961 g/mol. The third kappa shape index (κ3) is 132. The number of carbonyl (C=O) groups excluding carboxylic acids is 7. The SMILES string of the molecule is CC(=O)C(=O)[O-].CC(=O)[O-].CCC(O)C(=O)[O-].C[N+](C)(C)CCO.C[N+](C)(C)CCO.C[N+](C)(C)CCO.C[N+](C)(C)CCO.C[N+](C)(C)CCO.C[N+](C)(C)CCO.O=C([O-])CC(O)(CC(=O)[O-])C(=O)[O-]. The van der Waals surface area contributed by atoms with Crippen LogP contribution in [0.5, 0.6) is 0 Å². The quantitative estimate of drug-likeness (QED) is 0.0414. The number of carboxylic acid groups (broad SMARTS) is 6. The number of carboxylic acids is 6. The molecule has 0 bridgehead atoms. The van der Waals surface area contributed by atoms with Crippen molar-refractivity contribution < 1.29 is 132 Å². The lowest BCUT2D eigenvalue weighted by Gasteiger charge is -2.29. The van der Waals surface area contributed by atoms with Gasteiger partial charge in [0.2, 0.25) is 0 Å². The average Bonchev–Trinajstić information content (AvgIpc) is 3.09. The number of aliphatic hydroxyl groups excluding tert-OH is 7. The van der Waals surface area contributed by atoms with Crippen LogP contribution in [-0.2, 0) is 33.6 Å². The Morgan fingerprint density at radius 1 is 0.417 bits per heavy atom. The molecule has 8 N–H and O–H groups in total. The second kappa shape index (κ2) is 49.2. The van der Waals surface area contributed by atoms with Gasteiger partial charge in [-0.15, -0.1) is 0 Å². The van der Waals surface area contributed by atoms with Gasteiger partial charge in [0.05, 0.1) is 185 Å². The van der Waals surface area contributed by atoms with Crippen LogP contribution in [0.2, 0.25) is 0 Å². The van der Waals surface area contributed by atoms with Crippen molar-refractivity contribution in [1.82, 2.24) is 0 Å². The molecular formula is C45H102N6O21. The summed E-state index contributed by atoms with van der Waals surface area (Å²) in [5.41, 5.74) is -2.97. The molecule has 0 aromatic heterocycles. The van der Waals surface area contributed by atoms with Crippen molar-refractivity contribution in [1.29, 1.82) is 0 Å². The lowest BCUT2D eigenvalue weighted by atomic mass is 9.96. The van der Waals surface area contributed by atoms with E-state index in [2.05, 4.69) is 127 Å². The Labute approximate surface area is 430 Å². The Morgan fingerprint density at radius 3 is 0.597 bits per heavy atom. The van der Waals surface area contributed by atoms with Crippen molar-refractivity contribution in [3.8, 4) is 0 Å². The maximum absolute atomic E-state index is 10.1. The van der Waals surface area contributed by atoms with Crippen molar-refractivity contribution in [2.75, 3.05) is 206 Å². The maximum Gasteiger partial charge on any atom is 0.175 e. The zero-order chi connectivity index (χ0) is 60.7. The molecule has 27 heteroatoms. The summed E-state index contributed by atoms with van der Waals surface area (Å²) in [6.07, 6.45) is -3.80. The van der Waals surface area contributed by atoms with Gasteiger partial charge in [0.1, 0.15) is 50.8 Å². The molecule has 72 heavy (non-hydrogen) atoms.